The van der Waals surface area contributed by atoms with Crippen LogP contribution in [0.25, 0.3) is 10.6 Å². The van der Waals surface area contributed by atoms with Crippen molar-refractivity contribution in [2.75, 3.05) is 11.4 Å². The number of carbonyl (C=O) groups excluding carboxylic acids is 2. The van der Waals surface area contributed by atoms with Gasteiger partial charge in [0, 0.05) is 28.6 Å². The van der Waals surface area contributed by atoms with E-state index in [2.05, 4.69) is 4.98 Å². The van der Waals surface area contributed by atoms with Crippen LogP contribution >= 0.6 is 22.7 Å². The first kappa shape index (κ1) is 16.9. The Morgan fingerprint density at radius 3 is 2.88 bits per heavy atom. The number of hydrogen-bond acceptors (Lipinski definition) is 6. The molecule has 1 aromatic carbocycles. The number of thiophene rings is 1. The van der Waals surface area contributed by atoms with Crippen LogP contribution in [0.5, 0.6) is 0 Å². The Balaban J connectivity index is 1.44. The van der Waals surface area contributed by atoms with Crippen LogP contribution in [-0.2, 0) is 16.0 Å². The van der Waals surface area contributed by atoms with Gasteiger partial charge in [0.2, 0.25) is 0 Å². The lowest BCUT2D eigenvalue weighted by atomic mass is 10.2. The summed E-state index contributed by atoms with van der Waals surface area (Å²) >= 11 is 2.96. The largest absolute Gasteiger partial charge is 0.448 e. The van der Waals surface area contributed by atoms with Gasteiger partial charge in [0.15, 0.2) is 11.8 Å². The number of thiazole rings is 1. The quantitative estimate of drug-likeness (QED) is 0.638. The van der Waals surface area contributed by atoms with E-state index in [-0.39, 0.29) is 11.6 Å². The minimum absolute atomic E-state index is 0.211. The molecule has 1 aliphatic rings. The predicted octanol–water partition coefficient (Wildman–Crippen LogP) is 4.01. The number of benzene rings is 1. The van der Waals surface area contributed by atoms with E-state index in [1.807, 2.05) is 41.1 Å². The van der Waals surface area contributed by atoms with Crippen LogP contribution < -0.4 is 4.90 Å². The molecular weight excluding hydrogens is 368 g/mol. The van der Waals surface area contributed by atoms with Crippen LogP contribution in [-0.4, -0.2) is 29.5 Å². The van der Waals surface area contributed by atoms with E-state index in [0.29, 0.717) is 6.54 Å². The summed E-state index contributed by atoms with van der Waals surface area (Å²) in [6.45, 7) is 2.21. The number of nitrogens with zero attached hydrogens (tertiary/aromatic N) is 2. The number of para-hydroxylation sites is 1. The van der Waals surface area contributed by atoms with Gasteiger partial charge in [-0.15, -0.1) is 11.3 Å². The molecule has 3 heterocycles. The zero-order valence-electron chi connectivity index (χ0n) is 14.0. The van der Waals surface area contributed by atoms with Crippen LogP contribution in [0.15, 0.2) is 46.5 Å². The molecule has 0 N–H and O–H groups in total. The first-order chi connectivity index (χ1) is 12.6. The van der Waals surface area contributed by atoms with E-state index in [4.69, 9.17) is 4.74 Å². The highest BCUT2D eigenvalue weighted by Crippen LogP contribution is 2.29. The fourth-order valence-corrected chi connectivity index (χ4v) is 4.45. The lowest BCUT2D eigenvalue weighted by Crippen LogP contribution is -2.39. The maximum atomic E-state index is 12.7. The van der Waals surface area contributed by atoms with Crippen LogP contribution in [0.3, 0.4) is 0 Å². The summed E-state index contributed by atoms with van der Waals surface area (Å²) in [6.07, 6.45) is -0.0430. The zero-order valence-corrected chi connectivity index (χ0v) is 15.7. The molecule has 1 aliphatic heterocycles. The second-order valence-corrected chi connectivity index (χ2v) is 7.60. The number of carbonyl (C=O) groups is 2. The molecular formula is C19H16N2O3S2. The van der Waals surface area contributed by atoms with Crippen molar-refractivity contribution in [1.82, 2.24) is 4.98 Å². The average Bonchev–Trinajstić information content (AvgIpc) is 3.40. The molecule has 0 saturated carbocycles. The Morgan fingerprint density at radius 1 is 1.23 bits per heavy atom. The molecule has 7 heteroatoms. The fourth-order valence-electron chi connectivity index (χ4n) is 2.94. The summed E-state index contributed by atoms with van der Waals surface area (Å²) in [4.78, 5) is 31.1. The van der Waals surface area contributed by atoms with E-state index < -0.39 is 12.1 Å². The Hall–Kier alpha value is -2.51. The van der Waals surface area contributed by atoms with Crippen molar-refractivity contribution < 1.29 is 14.3 Å². The summed E-state index contributed by atoms with van der Waals surface area (Å²) in [5, 5.41) is 6.37. The molecule has 0 fully saturated rings. The maximum Gasteiger partial charge on any atom is 0.358 e. The molecule has 0 radical (unpaired) electrons. The van der Waals surface area contributed by atoms with E-state index in [1.165, 1.54) is 11.3 Å². The van der Waals surface area contributed by atoms with Crippen LogP contribution in [0.1, 0.15) is 23.0 Å². The van der Waals surface area contributed by atoms with Gasteiger partial charge in [-0.3, -0.25) is 4.79 Å². The Labute approximate surface area is 158 Å². The summed E-state index contributed by atoms with van der Waals surface area (Å²) in [6, 6.07) is 9.75. The SMILES string of the molecule is C[C@@H](OC(=O)c1csc(-c2ccsc2)n1)C(=O)N1CCc2ccccc21. The molecule has 0 unspecified atom stereocenters. The zero-order chi connectivity index (χ0) is 18.1. The molecule has 132 valence electrons. The second kappa shape index (κ2) is 7.01. The number of anilines is 1. The highest BCUT2D eigenvalue weighted by molar-refractivity contribution is 7.14. The highest BCUT2D eigenvalue weighted by atomic mass is 32.1. The molecule has 2 aromatic heterocycles. The van der Waals surface area contributed by atoms with Crippen molar-refractivity contribution in [3.63, 3.8) is 0 Å². The van der Waals surface area contributed by atoms with Gasteiger partial charge in [0.05, 0.1) is 0 Å². The Morgan fingerprint density at radius 2 is 2.08 bits per heavy atom. The molecule has 1 atom stereocenters. The van der Waals surface area contributed by atoms with Crippen LogP contribution in [0, 0.1) is 0 Å². The average molecular weight is 384 g/mol. The molecule has 4 rings (SSSR count). The van der Waals surface area contributed by atoms with Crippen molar-refractivity contribution in [3.05, 3.63) is 57.7 Å². The van der Waals surface area contributed by atoms with E-state index >= 15 is 0 Å². The summed E-state index contributed by atoms with van der Waals surface area (Å²) in [5.74, 6) is -0.785. The fraction of sp³-hybridized carbons (Fsp3) is 0.211. The number of rotatable bonds is 4. The van der Waals surface area contributed by atoms with Crippen molar-refractivity contribution in [2.45, 2.75) is 19.4 Å². The summed E-state index contributed by atoms with van der Waals surface area (Å²) in [5.41, 5.74) is 3.25. The topological polar surface area (TPSA) is 59.5 Å². The molecule has 3 aromatic rings. The molecule has 0 saturated heterocycles. The molecule has 5 nitrogen and oxygen atoms in total. The summed E-state index contributed by atoms with van der Waals surface area (Å²) < 4.78 is 5.37. The monoisotopic (exact) mass is 384 g/mol. The minimum Gasteiger partial charge on any atom is -0.448 e. The third-order valence-corrected chi connectivity index (χ3v) is 5.84. The normalized spacial score (nSPS) is 14.1. The third kappa shape index (κ3) is 3.15. The minimum atomic E-state index is -0.861. The van der Waals surface area contributed by atoms with E-state index in [9.17, 15) is 9.59 Å². The van der Waals surface area contributed by atoms with Crippen LogP contribution in [0.2, 0.25) is 0 Å². The number of ether oxygens (including phenoxy) is 1. The molecule has 0 spiro atoms. The maximum absolute atomic E-state index is 12.7. The first-order valence-electron chi connectivity index (χ1n) is 8.22. The van der Waals surface area contributed by atoms with Crippen molar-refractivity contribution in [3.8, 4) is 10.6 Å². The van der Waals surface area contributed by atoms with Crippen molar-refractivity contribution >= 4 is 40.2 Å². The standard InChI is InChI=1S/C19H16N2O3S2/c1-12(18(22)21-8-6-13-4-2-3-5-16(13)21)24-19(23)15-11-26-17(20-15)14-7-9-25-10-14/h2-5,7,9-12H,6,8H2,1H3/t12-/m1/s1. The van der Waals surface area contributed by atoms with Gasteiger partial charge >= 0.3 is 5.97 Å². The Bertz CT molecular complexity index is 949. The van der Waals surface area contributed by atoms with Crippen molar-refractivity contribution in [1.29, 1.82) is 0 Å². The highest BCUT2D eigenvalue weighted by Gasteiger charge is 2.30. The van der Waals surface area contributed by atoms with Gasteiger partial charge in [-0.05, 0) is 36.4 Å². The second-order valence-electron chi connectivity index (χ2n) is 5.97. The van der Waals surface area contributed by atoms with Crippen LogP contribution in [0.4, 0.5) is 5.69 Å². The number of fused-ring (bicyclic) bond motifs is 1. The van der Waals surface area contributed by atoms with Gasteiger partial charge in [-0.25, -0.2) is 9.78 Å². The smallest absolute Gasteiger partial charge is 0.358 e. The van der Waals surface area contributed by atoms with Gasteiger partial charge in [-0.1, -0.05) is 18.2 Å². The van der Waals surface area contributed by atoms with Crippen molar-refractivity contribution in [2.24, 2.45) is 0 Å². The number of aromatic nitrogens is 1. The van der Waals surface area contributed by atoms with Gasteiger partial charge in [-0.2, -0.15) is 11.3 Å². The Kier molecular flexibility index (Phi) is 4.57. The number of amides is 1. The third-order valence-electron chi connectivity index (χ3n) is 4.27. The van der Waals surface area contributed by atoms with Gasteiger partial charge in [0.1, 0.15) is 5.01 Å². The summed E-state index contributed by atoms with van der Waals surface area (Å²) in [7, 11) is 0. The van der Waals surface area contributed by atoms with E-state index in [1.54, 1.807) is 28.5 Å². The van der Waals surface area contributed by atoms with E-state index in [0.717, 1.165) is 28.2 Å². The predicted molar refractivity (Wildman–Crippen MR) is 103 cm³/mol. The number of hydrogen-bond donors (Lipinski definition) is 0. The molecule has 1 amide bonds. The first-order valence-corrected chi connectivity index (χ1v) is 10.0. The molecule has 26 heavy (non-hydrogen) atoms. The lowest BCUT2D eigenvalue weighted by molar-refractivity contribution is -0.126. The number of esters is 1. The molecule has 0 bridgehead atoms. The molecule has 0 aliphatic carbocycles. The van der Waals surface area contributed by atoms with Gasteiger partial charge < -0.3 is 9.64 Å². The lowest BCUT2D eigenvalue weighted by Gasteiger charge is -2.21. The van der Waals surface area contributed by atoms with Gasteiger partial charge in [0.25, 0.3) is 5.91 Å².